The number of nitrogens with one attached hydrogen (secondary N) is 1. The second-order valence-corrected chi connectivity index (χ2v) is 6.31. The first-order chi connectivity index (χ1) is 10.1. The number of esters is 1. The van der Waals surface area contributed by atoms with Crippen LogP contribution in [-0.2, 0) is 17.6 Å². The smallest absolute Gasteiger partial charge is 0.340 e. The summed E-state index contributed by atoms with van der Waals surface area (Å²) in [6, 6.07) is 4.44. The van der Waals surface area contributed by atoms with E-state index in [4.69, 9.17) is 4.74 Å². The van der Waals surface area contributed by atoms with Crippen molar-refractivity contribution in [3.8, 4) is 0 Å². The fourth-order valence-electron chi connectivity index (χ4n) is 3.28. The zero-order valence-corrected chi connectivity index (χ0v) is 13.1. The summed E-state index contributed by atoms with van der Waals surface area (Å²) in [7, 11) is 0. The minimum absolute atomic E-state index is 0.0947. The maximum atomic E-state index is 12.3. The third-order valence-electron chi connectivity index (χ3n) is 4.25. The van der Waals surface area contributed by atoms with Crippen molar-refractivity contribution in [3.05, 3.63) is 34.5 Å². The summed E-state index contributed by atoms with van der Waals surface area (Å²) in [5.41, 5.74) is 5.49. The third kappa shape index (κ3) is 2.69. The number of H-pyrrole nitrogens is 1. The molecule has 1 aromatic heterocycles. The van der Waals surface area contributed by atoms with Crippen molar-refractivity contribution in [3.63, 3.8) is 0 Å². The number of benzene rings is 1. The van der Waals surface area contributed by atoms with Gasteiger partial charge in [0.05, 0.1) is 11.7 Å². The van der Waals surface area contributed by atoms with Crippen LogP contribution in [0.1, 0.15) is 60.3 Å². The molecule has 3 heteroatoms. The van der Waals surface area contributed by atoms with Crippen LogP contribution in [0.4, 0.5) is 0 Å². The molecular formula is C18H23NO2. The van der Waals surface area contributed by atoms with Gasteiger partial charge in [0.2, 0.25) is 0 Å². The molecule has 0 unspecified atom stereocenters. The molecule has 1 N–H and O–H groups in total. The van der Waals surface area contributed by atoms with Gasteiger partial charge in [-0.15, -0.1) is 0 Å². The van der Waals surface area contributed by atoms with Gasteiger partial charge in [-0.2, -0.15) is 0 Å². The lowest BCUT2D eigenvalue weighted by atomic mass is 9.99. The maximum Gasteiger partial charge on any atom is 0.340 e. The molecule has 1 heterocycles. The van der Waals surface area contributed by atoms with E-state index in [1.807, 2.05) is 20.8 Å². The van der Waals surface area contributed by atoms with Gasteiger partial charge in [0.25, 0.3) is 0 Å². The van der Waals surface area contributed by atoms with Gasteiger partial charge in [-0.1, -0.05) is 6.42 Å². The number of hydrogen-bond acceptors (Lipinski definition) is 2. The summed E-state index contributed by atoms with van der Waals surface area (Å²) in [6.45, 7) is 5.71. The van der Waals surface area contributed by atoms with Crippen LogP contribution in [0.15, 0.2) is 12.1 Å². The lowest BCUT2D eigenvalue weighted by Gasteiger charge is -2.09. The first kappa shape index (κ1) is 14.2. The Labute approximate surface area is 125 Å². The van der Waals surface area contributed by atoms with Crippen LogP contribution < -0.4 is 0 Å². The minimum Gasteiger partial charge on any atom is -0.459 e. The van der Waals surface area contributed by atoms with Gasteiger partial charge in [-0.05, 0) is 69.7 Å². The van der Waals surface area contributed by atoms with Crippen LogP contribution >= 0.6 is 0 Å². The second-order valence-electron chi connectivity index (χ2n) is 6.31. The van der Waals surface area contributed by atoms with Crippen molar-refractivity contribution in [2.75, 3.05) is 0 Å². The fraction of sp³-hybridized carbons (Fsp3) is 0.500. The topological polar surface area (TPSA) is 42.1 Å². The number of aryl methyl sites for hydroxylation is 3. The molecule has 0 saturated heterocycles. The molecule has 0 radical (unpaired) electrons. The predicted molar refractivity (Wildman–Crippen MR) is 84.8 cm³/mol. The van der Waals surface area contributed by atoms with Crippen molar-refractivity contribution in [2.45, 2.75) is 59.0 Å². The van der Waals surface area contributed by atoms with Crippen molar-refractivity contribution in [1.29, 1.82) is 0 Å². The molecule has 112 valence electrons. The highest BCUT2D eigenvalue weighted by Crippen LogP contribution is 2.30. The average Bonchev–Trinajstić information content (AvgIpc) is 2.57. The monoisotopic (exact) mass is 285 g/mol. The molecule has 0 aliphatic heterocycles. The maximum absolute atomic E-state index is 12.3. The van der Waals surface area contributed by atoms with E-state index >= 15 is 0 Å². The first-order valence-corrected chi connectivity index (χ1v) is 7.91. The van der Waals surface area contributed by atoms with Crippen LogP contribution in [0, 0.1) is 6.92 Å². The van der Waals surface area contributed by atoms with E-state index in [1.54, 1.807) is 0 Å². The van der Waals surface area contributed by atoms with Gasteiger partial charge in [-0.3, -0.25) is 0 Å². The minimum atomic E-state index is -0.220. The van der Waals surface area contributed by atoms with Crippen LogP contribution in [0.3, 0.4) is 0 Å². The Morgan fingerprint density at radius 2 is 1.81 bits per heavy atom. The van der Waals surface area contributed by atoms with Gasteiger partial charge < -0.3 is 9.72 Å². The van der Waals surface area contributed by atoms with Crippen molar-refractivity contribution < 1.29 is 9.53 Å². The highest BCUT2D eigenvalue weighted by molar-refractivity contribution is 6.06. The predicted octanol–water partition coefficient (Wildman–Crippen LogP) is 4.31. The quantitative estimate of drug-likeness (QED) is 0.660. The van der Waals surface area contributed by atoms with E-state index in [0.29, 0.717) is 5.56 Å². The number of hydrogen-bond donors (Lipinski definition) is 1. The molecule has 3 nitrogen and oxygen atoms in total. The Balaban J connectivity index is 2.10. The number of carbonyl (C=O) groups is 1. The Hall–Kier alpha value is -1.77. The van der Waals surface area contributed by atoms with E-state index in [1.165, 1.54) is 30.4 Å². The molecule has 1 aromatic carbocycles. The van der Waals surface area contributed by atoms with Crippen LogP contribution in [0.2, 0.25) is 0 Å². The molecule has 0 spiro atoms. The number of carbonyl (C=O) groups excluding carboxylic acids is 1. The van der Waals surface area contributed by atoms with Crippen LogP contribution in [0.25, 0.3) is 10.9 Å². The summed E-state index contributed by atoms with van der Waals surface area (Å²) >= 11 is 0. The molecule has 1 aliphatic rings. The summed E-state index contributed by atoms with van der Waals surface area (Å²) in [5.74, 6) is -0.220. The van der Waals surface area contributed by atoms with E-state index in [0.717, 1.165) is 29.4 Å². The fourth-order valence-corrected chi connectivity index (χ4v) is 3.28. The van der Waals surface area contributed by atoms with Gasteiger partial charge >= 0.3 is 5.97 Å². The van der Waals surface area contributed by atoms with Crippen molar-refractivity contribution in [2.24, 2.45) is 0 Å². The number of aromatic nitrogens is 1. The summed E-state index contributed by atoms with van der Waals surface area (Å²) < 4.78 is 5.39. The molecule has 0 saturated carbocycles. The van der Waals surface area contributed by atoms with Crippen molar-refractivity contribution in [1.82, 2.24) is 4.98 Å². The van der Waals surface area contributed by atoms with E-state index in [-0.39, 0.29) is 12.1 Å². The SMILES string of the molecule is Cc1[nH]c2cc3c(cc2c1C(=O)OC(C)C)CCCCC3. The van der Waals surface area contributed by atoms with Gasteiger partial charge in [0.15, 0.2) is 0 Å². The largest absolute Gasteiger partial charge is 0.459 e. The van der Waals surface area contributed by atoms with E-state index in [9.17, 15) is 4.79 Å². The summed E-state index contributed by atoms with van der Waals surface area (Å²) in [5, 5.41) is 1.01. The Morgan fingerprint density at radius 1 is 1.14 bits per heavy atom. The average molecular weight is 285 g/mol. The van der Waals surface area contributed by atoms with E-state index < -0.39 is 0 Å². The molecule has 1 aliphatic carbocycles. The second kappa shape index (κ2) is 5.55. The standard InChI is InChI=1S/C18H23NO2/c1-11(2)21-18(20)17-12(3)19-16-10-14-8-6-4-5-7-13(14)9-15(16)17/h9-11,19H,4-8H2,1-3H3. The van der Waals surface area contributed by atoms with Crippen LogP contribution in [-0.4, -0.2) is 17.1 Å². The molecular weight excluding hydrogens is 262 g/mol. The van der Waals surface area contributed by atoms with Gasteiger partial charge in [-0.25, -0.2) is 4.79 Å². The zero-order valence-electron chi connectivity index (χ0n) is 13.1. The third-order valence-corrected chi connectivity index (χ3v) is 4.25. The highest BCUT2D eigenvalue weighted by atomic mass is 16.5. The first-order valence-electron chi connectivity index (χ1n) is 7.91. The summed E-state index contributed by atoms with van der Waals surface area (Å²) in [4.78, 5) is 15.7. The number of fused-ring (bicyclic) bond motifs is 2. The van der Waals surface area contributed by atoms with Gasteiger partial charge in [0.1, 0.15) is 0 Å². The molecule has 0 fully saturated rings. The molecule has 0 atom stereocenters. The normalized spacial score (nSPS) is 15.0. The Kier molecular flexibility index (Phi) is 3.75. The molecule has 0 amide bonds. The summed E-state index contributed by atoms with van der Waals surface area (Å²) in [6.07, 6.45) is 5.98. The molecule has 2 aromatic rings. The van der Waals surface area contributed by atoms with Crippen molar-refractivity contribution >= 4 is 16.9 Å². The lowest BCUT2D eigenvalue weighted by Crippen LogP contribution is -2.12. The Morgan fingerprint density at radius 3 is 2.48 bits per heavy atom. The lowest BCUT2D eigenvalue weighted by molar-refractivity contribution is 0.0379. The number of ether oxygens (including phenoxy) is 1. The molecule has 3 rings (SSSR count). The van der Waals surface area contributed by atoms with Crippen LogP contribution in [0.5, 0.6) is 0 Å². The highest BCUT2D eigenvalue weighted by Gasteiger charge is 2.20. The molecule has 0 bridgehead atoms. The number of rotatable bonds is 2. The Bertz CT molecular complexity index is 682. The zero-order chi connectivity index (χ0) is 15.0. The van der Waals surface area contributed by atoms with Gasteiger partial charge in [0, 0.05) is 16.6 Å². The van der Waals surface area contributed by atoms with E-state index in [2.05, 4.69) is 17.1 Å². The number of aromatic amines is 1. The molecule has 21 heavy (non-hydrogen) atoms.